The summed E-state index contributed by atoms with van der Waals surface area (Å²) >= 11 is 0. The van der Waals surface area contributed by atoms with Crippen LogP contribution in [0.1, 0.15) is 34.8 Å². The number of hydrogen-bond donors (Lipinski definition) is 2. The van der Waals surface area contributed by atoms with Gasteiger partial charge in [-0.3, -0.25) is 14.4 Å². The fourth-order valence-electron chi connectivity index (χ4n) is 3.03. The van der Waals surface area contributed by atoms with Gasteiger partial charge in [-0.25, -0.2) is 0 Å². The molecule has 0 aliphatic heterocycles. The highest BCUT2D eigenvalue weighted by Gasteiger charge is 2.14. The van der Waals surface area contributed by atoms with Crippen LogP contribution in [0.3, 0.4) is 0 Å². The van der Waals surface area contributed by atoms with Crippen LogP contribution in [0.25, 0.3) is 0 Å². The molecular weight excluding hydrogens is 410 g/mol. The second kappa shape index (κ2) is 10.8. The van der Waals surface area contributed by atoms with Crippen LogP contribution in [0.2, 0.25) is 0 Å². The summed E-state index contributed by atoms with van der Waals surface area (Å²) in [5, 5.41) is 5.43. The number of nitrogens with zero attached hydrogens (tertiary/aromatic N) is 1. The largest absolute Gasteiger partial charge is 0.484 e. The normalized spacial score (nSPS) is 10.3. The first-order valence-electron chi connectivity index (χ1n) is 10.3. The van der Waals surface area contributed by atoms with Crippen molar-refractivity contribution in [2.75, 3.05) is 30.3 Å². The van der Waals surface area contributed by atoms with Crippen molar-refractivity contribution >= 4 is 29.1 Å². The number of anilines is 2. The maximum Gasteiger partial charge on any atom is 0.291 e. The molecule has 0 unspecified atom stereocenters. The third-order valence-electron chi connectivity index (χ3n) is 4.65. The standard InChI is InChI=1S/C24H25N3O5/c1-3-27(4-2)24(30)17-8-5-9-18(14-17)25-22(28)16-32-20-11-6-10-19(15-20)26-23(29)21-12-7-13-31-21/h5-15H,3-4,16H2,1-2H3,(H,25,28)(H,26,29). The lowest BCUT2D eigenvalue weighted by atomic mass is 10.1. The molecule has 1 heterocycles. The number of furan rings is 1. The molecule has 0 fully saturated rings. The van der Waals surface area contributed by atoms with Crippen molar-refractivity contribution in [1.29, 1.82) is 0 Å². The summed E-state index contributed by atoms with van der Waals surface area (Å²) in [6.45, 7) is 4.83. The quantitative estimate of drug-likeness (QED) is 0.528. The maximum atomic E-state index is 12.5. The number of nitrogens with one attached hydrogen (secondary N) is 2. The van der Waals surface area contributed by atoms with Gasteiger partial charge in [0.1, 0.15) is 5.75 Å². The van der Waals surface area contributed by atoms with Crippen molar-refractivity contribution in [1.82, 2.24) is 4.90 Å². The van der Waals surface area contributed by atoms with Crippen LogP contribution in [-0.2, 0) is 4.79 Å². The molecule has 0 bridgehead atoms. The van der Waals surface area contributed by atoms with Gasteiger partial charge < -0.3 is 24.7 Å². The third-order valence-corrected chi connectivity index (χ3v) is 4.65. The molecule has 2 aromatic carbocycles. The number of ether oxygens (including phenoxy) is 1. The van der Waals surface area contributed by atoms with Crippen molar-refractivity contribution in [2.45, 2.75) is 13.8 Å². The summed E-state index contributed by atoms with van der Waals surface area (Å²) in [5.74, 6) is -0.234. The van der Waals surface area contributed by atoms with E-state index in [0.29, 0.717) is 35.8 Å². The first kappa shape index (κ1) is 22.6. The lowest BCUT2D eigenvalue weighted by Crippen LogP contribution is -2.30. The second-order valence-corrected chi connectivity index (χ2v) is 6.85. The maximum absolute atomic E-state index is 12.5. The lowest BCUT2D eigenvalue weighted by molar-refractivity contribution is -0.118. The predicted octanol–water partition coefficient (Wildman–Crippen LogP) is 4.03. The van der Waals surface area contributed by atoms with Crippen LogP contribution in [0.15, 0.2) is 71.3 Å². The van der Waals surface area contributed by atoms with E-state index < -0.39 is 0 Å². The molecule has 2 N–H and O–H groups in total. The van der Waals surface area contributed by atoms with Crippen LogP contribution in [0.4, 0.5) is 11.4 Å². The molecule has 0 atom stereocenters. The van der Waals surface area contributed by atoms with Gasteiger partial charge in [-0.15, -0.1) is 0 Å². The van der Waals surface area contributed by atoms with E-state index in [2.05, 4.69) is 10.6 Å². The molecule has 3 amide bonds. The highest BCUT2D eigenvalue weighted by atomic mass is 16.5. The van der Waals surface area contributed by atoms with Gasteiger partial charge in [0.25, 0.3) is 17.7 Å². The topological polar surface area (TPSA) is 101 Å². The molecule has 0 saturated carbocycles. The van der Waals surface area contributed by atoms with E-state index in [0.717, 1.165) is 0 Å². The lowest BCUT2D eigenvalue weighted by Gasteiger charge is -2.19. The molecule has 1 aromatic heterocycles. The molecule has 3 aromatic rings. The number of amides is 3. The van der Waals surface area contributed by atoms with Crippen LogP contribution < -0.4 is 15.4 Å². The van der Waals surface area contributed by atoms with E-state index in [1.165, 1.54) is 6.26 Å². The number of hydrogen-bond acceptors (Lipinski definition) is 5. The predicted molar refractivity (Wildman–Crippen MR) is 121 cm³/mol. The summed E-state index contributed by atoms with van der Waals surface area (Å²) in [6.07, 6.45) is 1.42. The first-order valence-corrected chi connectivity index (χ1v) is 10.3. The summed E-state index contributed by atoms with van der Waals surface area (Å²) in [5.41, 5.74) is 1.52. The number of benzene rings is 2. The Morgan fingerprint density at radius 2 is 1.62 bits per heavy atom. The Labute approximate surface area is 186 Å². The number of carbonyl (C=O) groups excluding carboxylic acids is 3. The number of carbonyl (C=O) groups is 3. The Bertz CT molecular complexity index is 1070. The molecule has 0 radical (unpaired) electrons. The summed E-state index contributed by atoms with van der Waals surface area (Å²) in [6, 6.07) is 16.7. The van der Waals surface area contributed by atoms with Gasteiger partial charge in [0.05, 0.1) is 6.26 Å². The van der Waals surface area contributed by atoms with E-state index in [4.69, 9.17) is 9.15 Å². The second-order valence-electron chi connectivity index (χ2n) is 6.85. The average molecular weight is 435 g/mol. The summed E-state index contributed by atoms with van der Waals surface area (Å²) in [4.78, 5) is 38.6. The van der Waals surface area contributed by atoms with Gasteiger partial charge in [-0.2, -0.15) is 0 Å². The highest BCUT2D eigenvalue weighted by molar-refractivity contribution is 6.02. The SMILES string of the molecule is CCN(CC)C(=O)c1cccc(NC(=O)COc2cccc(NC(=O)c3ccco3)c2)c1. The van der Waals surface area contributed by atoms with Crippen LogP contribution in [0, 0.1) is 0 Å². The average Bonchev–Trinajstić information content (AvgIpc) is 3.34. The van der Waals surface area contributed by atoms with Gasteiger partial charge in [0, 0.05) is 36.1 Å². The molecule has 8 nitrogen and oxygen atoms in total. The van der Waals surface area contributed by atoms with E-state index in [9.17, 15) is 14.4 Å². The minimum atomic E-state index is -0.385. The van der Waals surface area contributed by atoms with Crippen molar-refractivity contribution in [3.63, 3.8) is 0 Å². The number of rotatable bonds is 9. The van der Waals surface area contributed by atoms with Crippen molar-refractivity contribution < 1.29 is 23.5 Å². The molecule has 166 valence electrons. The summed E-state index contributed by atoms with van der Waals surface area (Å²) in [7, 11) is 0. The van der Waals surface area contributed by atoms with Gasteiger partial charge >= 0.3 is 0 Å². The van der Waals surface area contributed by atoms with Gasteiger partial charge in [-0.1, -0.05) is 12.1 Å². The minimum Gasteiger partial charge on any atom is -0.484 e. The van der Waals surface area contributed by atoms with Crippen molar-refractivity contribution in [3.8, 4) is 5.75 Å². The van der Waals surface area contributed by atoms with Gasteiger partial charge in [0.15, 0.2) is 12.4 Å². The Hall–Kier alpha value is -4.07. The van der Waals surface area contributed by atoms with E-state index in [1.54, 1.807) is 65.6 Å². The van der Waals surface area contributed by atoms with Crippen LogP contribution in [-0.4, -0.2) is 42.3 Å². The zero-order valence-electron chi connectivity index (χ0n) is 18.0. The smallest absolute Gasteiger partial charge is 0.291 e. The zero-order valence-corrected chi connectivity index (χ0v) is 18.0. The Morgan fingerprint density at radius 3 is 2.31 bits per heavy atom. The first-order chi connectivity index (χ1) is 15.5. The summed E-state index contributed by atoms with van der Waals surface area (Å²) < 4.78 is 10.6. The molecule has 0 saturated heterocycles. The highest BCUT2D eigenvalue weighted by Crippen LogP contribution is 2.19. The Kier molecular flexibility index (Phi) is 7.64. The van der Waals surface area contributed by atoms with Gasteiger partial charge in [-0.05, 0) is 56.3 Å². The molecule has 0 spiro atoms. The van der Waals surface area contributed by atoms with Crippen LogP contribution in [0.5, 0.6) is 5.75 Å². The molecular formula is C24H25N3O5. The van der Waals surface area contributed by atoms with E-state index >= 15 is 0 Å². The van der Waals surface area contributed by atoms with E-state index in [-0.39, 0.29) is 30.1 Å². The molecule has 0 aliphatic carbocycles. The molecule has 8 heteroatoms. The Morgan fingerprint density at radius 1 is 0.906 bits per heavy atom. The van der Waals surface area contributed by atoms with E-state index in [1.807, 2.05) is 13.8 Å². The third kappa shape index (κ3) is 5.98. The van der Waals surface area contributed by atoms with Gasteiger partial charge in [0.2, 0.25) is 0 Å². The molecule has 0 aliphatic rings. The fraction of sp³-hybridized carbons (Fsp3) is 0.208. The van der Waals surface area contributed by atoms with Crippen molar-refractivity contribution in [2.24, 2.45) is 0 Å². The minimum absolute atomic E-state index is 0.0873. The van der Waals surface area contributed by atoms with Crippen molar-refractivity contribution in [3.05, 3.63) is 78.3 Å². The molecule has 3 rings (SSSR count). The zero-order chi connectivity index (χ0) is 22.9. The monoisotopic (exact) mass is 435 g/mol. The molecule has 32 heavy (non-hydrogen) atoms. The Balaban J connectivity index is 1.56. The van der Waals surface area contributed by atoms with Crippen LogP contribution >= 0.6 is 0 Å². The fourth-order valence-corrected chi connectivity index (χ4v) is 3.03.